The normalized spacial score (nSPS) is 21.0. The Bertz CT molecular complexity index is 2000. The molecule has 2 aromatic carbocycles. The summed E-state index contributed by atoms with van der Waals surface area (Å²) in [6.07, 6.45) is 6.82. The molecule has 60 heavy (non-hydrogen) atoms. The van der Waals surface area contributed by atoms with Crippen molar-refractivity contribution < 1.29 is 38.2 Å². The van der Waals surface area contributed by atoms with Gasteiger partial charge in [0.2, 0.25) is 0 Å². The number of hydrogen-bond acceptors (Lipinski definition) is 10. The van der Waals surface area contributed by atoms with Crippen LogP contribution in [-0.4, -0.2) is 105 Å². The molecule has 6 amide bonds. The third-order valence-electron chi connectivity index (χ3n) is 11.4. The lowest BCUT2D eigenvalue weighted by Crippen LogP contribution is -2.44. The van der Waals surface area contributed by atoms with Crippen molar-refractivity contribution in [3.8, 4) is 0 Å². The van der Waals surface area contributed by atoms with Gasteiger partial charge in [-0.2, -0.15) is 0 Å². The summed E-state index contributed by atoms with van der Waals surface area (Å²) in [6.45, 7) is 0.930. The summed E-state index contributed by atoms with van der Waals surface area (Å²) < 4.78 is 9.57. The number of amides is 6. The Morgan fingerprint density at radius 1 is 0.600 bits per heavy atom. The van der Waals surface area contributed by atoms with Crippen LogP contribution < -0.4 is 21.3 Å². The molecule has 1 aliphatic carbocycles. The molecular formula is C42H50N10O8. The molecule has 4 atom stereocenters. The van der Waals surface area contributed by atoms with E-state index in [4.69, 9.17) is 9.47 Å². The van der Waals surface area contributed by atoms with Gasteiger partial charge in [-0.25, -0.2) is 19.6 Å². The summed E-state index contributed by atoms with van der Waals surface area (Å²) in [6, 6.07) is 15.0. The largest absolute Gasteiger partial charge is 0.453 e. The van der Waals surface area contributed by atoms with Gasteiger partial charge in [-0.15, -0.1) is 0 Å². The number of methoxy groups -OCH3 is 2. The second-order valence-electron chi connectivity index (χ2n) is 15.2. The maximum absolute atomic E-state index is 13.8. The number of carbonyl (C=O) groups is 6. The smallest absolute Gasteiger partial charge is 0.407 e. The fourth-order valence-electron chi connectivity index (χ4n) is 8.33. The maximum atomic E-state index is 13.8. The zero-order valence-corrected chi connectivity index (χ0v) is 33.5. The van der Waals surface area contributed by atoms with Crippen LogP contribution in [-0.2, 0) is 19.1 Å². The minimum Gasteiger partial charge on any atom is -0.453 e. The molecule has 3 fully saturated rings. The molecule has 1 saturated carbocycles. The quantitative estimate of drug-likeness (QED) is 0.120. The summed E-state index contributed by atoms with van der Waals surface area (Å²) >= 11 is 0. The van der Waals surface area contributed by atoms with Gasteiger partial charge in [-0.1, -0.05) is 60.7 Å². The van der Waals surface area contributed by atoms with Crippen molar-refractivity contribution >= 4 is 35.8 Å². The lowest BCUT2D eigenvalue weighted by atomic mass is 9.91. The summed E-state index contributed by atoms with van der Waals surface area (Å²) in [5.41, 5.74) is 1.80. The SMILES string of the molecule is COC(=O)N[C@@H](C(=O)N1CCC[C@H]1c1ncc(C(=O)N[C@H]2CC[C@H](NC(=O)c3cnc([C@@H]4CCCN4C(=O)[C@H](NC(=O)OC)c4ccccc4)[nH]3)CC2)[nH]1)c1ccccc1. The zero-order chi connectivity index (χ0) is 42.2. The lowest BCUT2D eigenvalue weighted by Gasteiger charge is -2.29. The second kappa shape index (κ2) is 18.9. The summed E-state index contributed by atoms with van der Waals surface area (Å²) in [7, 11) is 2.49. The van der Waals surface area contributed by atoms with Crippen LogP contribution in [0.5, 0.6) is 0 Å². The highest BCUT2D eigenvalue weighted by molar-refractivity contribution is 5.93. The van der Waals surface area contributed by atoms with Gasteiger partial charge in [-0.05, 0) is 62.5 Å². The first-order valence-corrected chi connectivity index (χ1v) is 20.2. The molecule has 2 aromatic heterocycles. The zero-order valence-electron chi connectivity index (χ0n) is 33.5. The molecule has 0 unspecified atom stereocenters. The summed E-state index contributed by atoms with van der Waals surface area (Å²) in [4.78, 5) is 97.2. The third kappa shape index (κ3) is 9.43. The van der Waals surface area contributed by atoms with Crippen LogP contribution in [0.25, 0.3) is 0 Å². The summed E-state index contributed by atoms with van der Waals surface area (Å²) in [5, 5.41) is 11.5. The lowest BCUT2D eigenvalue weighted by molar-refractivity contribution is -0.135. The monoisotopic (exact) mass is 822 g/mol. The van der Waals surface area contributed by atoms with Gasteiger partial charge in [0.05, 0.1) is 38.7 Å². The average Bonchev–Trinajstić information content (AvgIpc) is 4.12. The first-order valence-electron chi connectivity index (χ1n) is 20.2. The first-order chi connectivity index (χ1) is 29.1. The van der Waals surface area contributed by atoms with Crippen LogP contribution in [0.1, 0.15) is 119 Å². The van der Waals surface area contributed by atoms with E-state index in [9.17, 15) is 28.8 Å². The molecule has 4 aromatic rings. The number of nitrogens with one attached hydrogen (secondary N) is 6. The van der Waals surface area contributed by atoms with Gasteiger partial charge in [0.15, 0.2) is 0 Å². The Morgan fingerprint density at radius 2 is 0.983 bits per heavy atom. The Hall–Kier alpha value is -6.72. The van der Waals surface area contributed by atoms with Gasteiger partial charge in [0.25, 0.3) is 23.6 Å². The Labute approximate surface area is 346 Å². The van der Waals surface area contributed by atoms with Crippen LogP contribution in [0, 0.1) is 0 Å². The van der Waals surface area contributed by atoms with E-state index in [0.717, 1.165) is 12.8 Å². The topological polar surface area (TPSA) is 233 Å². The van der Waals surface area contributed by atoms with E-state index in [2.05, 4.69) is 41.2 Å². The predicted molar refractivity (Wildman–Crippen MR) is 215 cm³/mol. The second-order valence-corrected chi connectivity index (χ2v) is 15.2. The number of likely N-dealkylation sites (tertiary alicyclic amines) is 2. The van der Waals surface area contributed by atoms with Gasteiger partial charge in [0.1, 0.15) is 35.1 Å². The summed E-state index contributed by atoms with van der Waals surface area (Å²) in [5.74, 6) is -0.250. The number of nitrogens with zero attached hydrogens (tertiary/aromatic N) is 4. The first kappa shape index (κ1) is 41.4. The van der Waals surface area contributed by atoms with Gasteiger partial charge >= 0.3 is 12.2 Å². The minimum absolute atomic E-state index is 0.115. The predicted octanol–water partition coefficient (Wildman–Crippen LogP) is 4.13. The molecule has 0 radical (unpaired) electrons. The van der Waals surface area contributed by atoms with Crippen molar-refractivity contribution in [2.24, 2.45) is 0 Å². The fourth-order valence-corrected chi connectivity index (χ4v) is 8.33. The molecule has 0 spiro atoms. The standard InChI is InChI=1S/C42H50N10O8/c1-59-41(57)49-33(25-11-5-3-6-12-25)39(55)51-21-9-15-31(51)35-43-23-29(47-35)37(53)45-27-17-19-28(20-18-27)46-38(54)30-24-44-36(48-30)32-16-10-22-52(32)40(56)34(50-42(58)60-2)26-13-7-4-8-14-26/h3-8,11-14,23-24,27-28,31-34H,9-10,15-22H2,1-2H3,(H,43,47)(H,44,48)(H,45,53)(H,46,54)(H,49,57)(H,50,58)/t27-,28-,31-,32-,33+,34+/m0/s1. The van der Waals surface area contributed by atoms with E-state index in [1.807, 2.05) is 12.1 Å². The van der Waals surface area contributed by atoms with E-state index in [-0.39, 0.29) is 47.1 Å². The van der Waals surface area contributed by atoms with Gasteiger partial charge in [-0.3, -0.25) is 19.2 Å². The molecule has 4 heterocycles. The number of hydrogen-bond donors (Lipinski definition) is 6. The van der Waals surface area contributed by atoms with Crippen molar-refractivity contribution in [3.63, 3.8) is 0 Å². The van der Waals surface area contributed by atoms with Gasteiger partial charge < -0.3 is 50.5 Å². The van der Waals surface area contributed by atoms with Crippen molar-refractivity contribution in [3.05, 3.63) is 107 Å². The molecule has 0 bridgehead atoms. The average molecular weight is 823 g/mol. The highest BCUT2D eigenvalue weighted by Gasteiger charge is 2.39. The number of aromatic amines is 2. The van der Waals surface area contributed by atoms with E-state index in [1.165, 1.54) is 26.6 Å². The van der Waals surface area contributed by atoms with E-state index in [0.29, 0.717) is 74.4 Å². The van der Waals surface area contributed by atoms with Crippen molar-refractivity contribution in [2.75, 3.05) is 27.3 Å². The Morgan fingerprint density at radius 3 is 1.35 bits per heavy atom. The fraction of sp³-hybridized carbons (Fsp3) is 0.429. The van der Waals surface area contributed by atoms with Crippen LogP contribution in [0.3, 0.4) is 0 Å². The molecular weight excluding hydrogens is 773 g/mol. The number of imidazole rings is 2. The van der Waals surface area contributed by atoms with E-state index in [1.54, 1.807) is 58.3 Å². The molecule has 316 valence electrons. The number of aromatic nitrogens is 4. The minimum atomic E-state index is -0.952. The number of H-pyrrole nitrogens is 2. The molecule has 2 saturated heterocycles. The number of rotatable bonds is 12. The number of alkyl carbamates (subject to hydrolysis) is 2. The van der Waals surface area contributed by atoms with Crippen molar-refractivity contribution in [1.29, 1.82) is 0 Å². The molecule has 3 aliphatic rings. The maximum Gasteiger partial charge on any atom is 0.407 e. The number of ether oxygens (including phenoxy) is 2. The Balaban J connectivity index is 0.904. The highest BCUT2D eigenvalue weighted by atomic mass is 16.5. The molecule has 18 nitrogen and oxygen atoms in total. The van der Waals surface area contributed by atoms with Crippen LogP contribution in [0.4, 0.5) is 9.59 Å². The van der Waals surface area contributed by atoms with Crippen molar-refractivity contribution in [1.82, 2.24) is 51.0 Å². The van der Waals surface area contributed by atoms with E-state index < -0.39 is 36.4 Å². The van der Waals surface area contributed by atoms with Crippen molar-refractivity contribution in [2.45, 2.75) is 87.6 Å². The molecule has 18 heteroatoms. The molecule has 6 N–H and O–H groups in total. The van der Waals surface area contributed by atoms with Crippen LogP contribution in [0.2, 0.25) is 0 Å². The number of benzene rings is 2. The van der Waals surface area contributed by atoms with Crippen LogP contribution >= 0.6 is 0 Å². The molecule has 2 aliphatic heterocycles. The molecule has 7 rings (SSSR count). The third-order valence-corrected chi connectivity index (χ3v) is 11.4. The van der Waals surface area contributed by atoms with E-state index >= 15 is 0 Å². The highest BCUT2D eigenvalue weighted by Crippen LogP contribution is 2.34. The van der Waals surface area contributed by atoms with Gasteiger partial charge in [0, 0.05) is 25.2 Å². The van der Waals surface area contributed by atoms with Crippen LogP contribution in [0.15, 0.2) is 73.1 Å². The number of carbonyl (C=O) groups excluding carboxylic acids is 6. The Kier molecular flexibility index (Phi) is 13.1.